The van der Waals surface area contributed by atoms with Gasteiger partial charge < -0.3 is 5.32 Å². The van der Waals surface area contributed by atoms with Crippen LogP contribution in [-0.4, -0.2) is 15.9 Å². The molecule has 1 aromatic carbocycles. The van der Waals surface area contributed by atoms with Crippen molar-refractivity contribution in [2.45, 2.75) is 6.92 Å². The number of nitrogens with one attached hydrogen (secondary N) is 1. The van der Waals surface area contributed by atoms with Gasteiger partial charge in [0, 0.05) is 23.1 Å². The molecule has 0 aliphatic rings. The van der Waals surface area contributed by atoms with Crippen molar-refractivity contribution < 1.29 is 9.18 Å². The maximum Gasteiger partial charge on any atom is 0.274 e. The van der Waals surface area contributed by atoms with E-state index in [1.165, 1.54) is 6.07 Å². The van der Waals surface area contributed by atoms with E-state index in [2.05, 4.69) is 15.3 Å². The number of benzene rings is 1. The Morgan fingerprint density at radius 1 is 1.04 bits per heavy atom. The van der Waals surface area contributed by atoms with Gasteiger partial charge in [-0.25, -0.2) is 9.37 Å². The van der Waals surface area contributed by atoms with E-state index in [0.717, 1.165) is 6.20 Å². The normalized spacial score (nSPS) is 10.3. The standard InChI is InChI=1S/C18H14FN3O/c1-12-7-13(14-8-15(19)11-20-10-14)9-17(21-12)18(23)22-16-5-3-2-4-6-16/h2-11H,1H3,(H,22,23). The second-order valence-corrected chi connectivity index (χ2v) is 5.09. The summed E-state index contributed by atoms with van der Waals surface area (Å²) < 4.78 is 13.3. The first-order chi connectivity index (χ1) is 11.1. The third-order valence-corrected chi connectivity index (χ3v) is 3.26. The second-order valence-electron chi connectivity index (χ2n) is 5.09. The molecule has 0 atom stereocenters. The Bertz CT molecular complexity index is 850. The van der Waals surface area contributed by atoms with Gasteiger partial charge in [0.25, 0.3) is 5.91 Å². The van der Waals surface area contributed by atoms with E-state index in [4.69, 9.17) is 0 Å². The number of rotatable bonds is 3. The van der Waals surface area contributed by atoms with E-state index in [-0.39, 0.29) is 11.6 Å². The molecule has 2 heterocycles. The number of hydrogen-bond donors (Lipinski definition) is 1. The number of nitrogens with zero attached hydrogens (tertiary/aromatic N) is 2. The number of pyridine rings is 2. The van der Waals surface area contributed by atoms with Gasteiger partial charge in [-0.15, -0.1) is 0 Å². The van der Waals surface area contributed by atoms with Crippen molar-refractivity contribution in [2.24, 2.45) is 0 Å². The van der Waals surface area contributed by atoms with E-state index in [1.807, 2.05) is 18.2 Å². The van der Waals surface area contributed by atoms with E-state index >= 15 is 0 Å². The average Bonchev–Trinajstić information content (AvgIpc) is 2.55. The minimum atomic E-state index is -0.424. The summed E-state index contributed by atoms with van der Waals surface area (Å²) in [6.07, 6.45) is 2.69. The first kappa shape index (κ1) is 14.8. The molecule has 0 bridgehead atoms. The number of halogens is 1. The Morgan fingerprint density at radius 2 is 1.83 bits per heavy atom. The van der Waals surface area contributed by atoms with E-state index in [1.54, 1.807) is 37.4 Å². The quantitative estimate of drug-likeness (QED) is 0.799. The van der Waals surface area contributed by atoms with Gasteiger partial charge >= 0.3 is 0 Å². The lowest BCUT2D eigenvalue weighted by molar-refractivity contribution is 0.102. The number of hydrogen-bond acceptors (Lipinski definition) is 3. The van der Waals surface area contributed by atoms with Crippen molar-refractivity contribution in [3.63, 3.8) is 0 Å². The predicted molar refractivity (Wildman–Crippen MR) is 86.6 cm³/mol. The summed E-state index contributed by atoms with van der Waals surface area (Å²) in [5.41, 5.74) is 2.93. The topological polar surface area (TPSA) is 54.9 Å². The molecule has 114 valence electrons. The lowest BCUT2D eigenvalue weighted by atomic mass is 10.1. The largest absolute Gasteiger partial charge is 0.321 e. The van der Waals surface area contributed by atoms with E-state index in [9.17, 15) is 9.18 Å². The molecule has 0 spiro atoms. The summed E-state index contributed by atoms with van der Waals surface area (Å²) in [5, 5.41) is 2.78. The van der Waals surface area contributed by atoms with E-state index in [0.29, 0.717) is 22.5 Å². The average molecular weight is 307 g/mol. The van der Waals surface area contributed by atoms with Crippen molar-refractivity contribution in [3.05, 3.63) is 78.1 Å². The summed E-state index contributed by atoms with van der Waals surface area (Å²) in [4.78, 5) is 20.4. The van der Waals surface area contributed by atoms with Gasteiger partial charge in [0.1, 0.15) is 11.5 Å². The molecule has 0 aliphatic heterocycles. The summed E-state index contributed by atoms with van der Waals surface area (Å²) in [6.45, 7) is 1.79. The zero-order valence-electron chi connectivity index (χ0n) is 12.5. The van der Waals surface area contributed by atoms with Crippen LogP contribution in [0.15, 0.2) is 60.9 Å². The van der Waals surface area contributed by atoms with Gasteiger partial charge in [-0.1, -0.05) is 18.2 Å². The zero-order chi connectivity index (χ0) is 16.2. The highest BCUT2D eigenvalue weighted by Crippen LogP contribution is 2.21. The third kappa shape index (κ3) is 3.58. The molecule has 5 heteroatoms. The first-order valence-corrected chi connectivity index (χ1v) is 7.08. The minimum Gasteiger partial charge on any atom is -0.321 e. The highest BCUT2D eigenvalue weighted by atomic mass is 19.1. The summed E-state index contributed by atoms with van der Waals surface area (Å²) in [6, 6.07) is 13.9. The minimum absolute atomic E-state index is 0.271. The van der Waals surface area contributed by atoms with Crippen LogP contribution in [-0.2, 0) is 0 Å². The number of para-hydroxylation sites is 1. The maximum absolute atomic E-state index is 13.3. The third-order valence-electron chi connectivity index (χ3n) is 3.26. The Kier molecular flexibility index (Phi) is 4.10. The van der Waals surface area contributed by atoms with Crippen LogP contribution in [0.5, 0.6) is 0 Å². The van der Waals surface area contributed by atoms with Crippen molar-refractivity contribution in [1.82, 2.24) is 9.97 Å². The number of amides is 1. The molecular weight excluding hydrogens is 293 g/mol. The molecule has 4 nitrogen and oxygen atoms in total. The smallest absolute Gasteiger partial charge is 0.274 e. The molecule has 23 heavy (non-hydrogen) atoms. The van der Waals surface area contributed by atoms with Crippen molar-refractivity contribution in [2.75, 3.05) is 5.32 Å². The SMILES string of the molecule is Cc1cc(-c2cncc(F)c2)cc(C(=O)Nc2ccccc2)n1. The van der Waals surface area contributed by atoms with Crippen LogP contribution in [0.25, 0.3) is 11.1 Å². The fourth-order valence-corrected chi connectivity index (χ4v) is 2.24. The number of carbonyl (C=O) groups excluding carboxylic acids is 1. The van der Waals surface area contributed by atoms with Gasteiger partial charge in [-0.3, -0.25) is 9.78 Å². The van der Waals surface area contributed by atoms with Gasteiger partial charge in [0.15, 0.2) is 0 Å². The number of carbonyl (C=O) groups is 1. The first-order valence-electron chi connectivity index (χ1n) is 7.08. The van der Waals surface area contributed by atoms with Crippen LogP contribution in [0.3, 0.4) is 0 Å². The molecular formula is C18H14FN3O. The molecule has 0 unspecified atom stereocenters. The molecule has 1 amide bonds. The van der Waals surface area contributed by atoms with E-state index < -0.39 is 5.82 Å². The van der Waals surface area contributed by atoms with Crippen molar-refractivity contribution in [3.8, 4) is 11.1 Å². The molecule has 0 fully saturated rings. The zero-order valence-corrected chi connectivity index (χ0v) is 12.5. The summed E-state index contributed by atoms with van der Waals surface area (Å²) >= 11 is 0. The molecule has 3 aromatic rings. The Labute approximate surface area is 133 Å². The van der Waals surface area contributed by atoms with Crippen LogP contribution < -0.4 is 5.32 Å². The number of aromatic nitrogens is 2. The van der Waals surface area contributed by atoms with Gasteiger partial charge in [-0.05, 0) is 42.8 Å². The Balaban J connectivity index is 1.93. The molecule has 2 aromatic heterocycles. The lowest BCUT2D eigenvalue weighted by Gasteiger charge is -2.08. The van der Waals surface area contributed by atoms with Crippen molar-refractivity contribution >= 4 is 11.6 Å². The second kappa shape index (κ2) is 6.36. The highest BCUT2D eigenvalue weighted by molar-refractivity contribution is 6.03. The van der Waals surface area contributed by atoms with Gasteiger partial charge in [0.05, 0.1) is 6.20 Å². The molecule has 0 radical (unpaired) electrons. The van der Waals surface area contributed by atoms with Crippen LogP contribution in [0.1, 0.15) is 16.2 Å². The molecule has 0 aliphatic carbocycles. The lowest BCUT2D eigenvalue weighted by Crippen LogP contribution is -2.14. The Morgan fingerprint density at radius 3 is 2.57 bits per heavy atom. The van der Waals surface area contributed by atoms with Crippen LogP contribution in [0.4, 0.5) is 10.1 Å². The van der Waals surface area contributed by atoms with Crippen molar-refractivity contribution in [1.29, 1.82) is 0 Å². The molecule has 1 N–H and O–H groups in total. The van der Waals surface area contributed by atoms with Gasteiger partial charge in [0.2, 0.25) is 0 Å². The number of aryl methyl sites for hydroxylation is 1. The Hall–Kier alpha value is -3.08. The summed E-state index contributed by atoms with van der Waals surface area (Å²) in [5.74, 6) is -0.738. The number of anilines is 1. The summed E-state index contributed by atoms with van der Waals surface area (Å²) in [7, 11) is 0. The molecule has 0 saturated carbocycles. The van der Waals surface area contributed by atoms with Gasteiger partial charge in [-0.2, -0.15) is 0 Å². The van der Waals surface area contributed by atoms with Crippen LogP contribution in [0, 0.1) is 12.7 Å². The predicted octanol–water partition coefficient (Wildman–Crippen LogP) is 3.84. The fraction of sp³-hybridized carbons (Fsp3) is 0.0556. The van der Waals surface area contributed by atoms with Crippen LogP contribution in [0.2, 0.25) is 0 Å². The fourth-order valence-electron chi connectivity index (χ4n) is 2.24. The maximum atomic E-state index is 13.3. The highest BCUT2D eigenvalue weighted by Gasteiger charge is 2.11. The molecule has 0 saturated heterocycles. The van der Waals surface area contributed by atoms with Crippen LogP contribution >= 0.6 is 0 Å². The monoisotopic (exact) mass is 307 g/mol. The molecule has 3 rings (SSSR count).